The molecule has 4 N–H and O–H groups in total. The van der Waals surface area contributed by atoms with Crippen molar-refractivity contribution in [2.75, 3.05) is 0 Å². The van der Waals surface area contributed by atoms with Crippen LogP contribution in [-0.4, -0.2) is 23.1 Å². The van der Waals surface area contributed by atoms with Crippen LogP contribution in [0.25, 0.3) is 10.9 Å². The van der Waals surface area contributed by atoms with E-state index in [1.807, 2.05) is 0 Å². The van der Waals surface area contributed by atoms with E-state index in [1.54, 1.807) is 0 Å². The molecule has 1 saturated heterocycles. The van der Waals surface area contributed by atoms with Crippen LogP contribution in [0.3, 0.4) is 0 Å². The lowest BCUT2D eigenvalue weighted by Crippen LogP contribution is -2.53. The van der Waals surface area contributed by atoms with Crippen LogP contribution in [0.2, 0.25) is 0 Å². The second kappa shape index (κ2) is 7.42. The van der Waals surface area contributed by atoms with Crippen molar-refractivity contribution in [3.8, 4) is 0 Å². The van der Waals surface area contributed by atoms with E-state index in [0.29, 0.717) is 12.1 Å². The maximum Gasteiger partial charge on any atom is 0.0456 e. The number of aromatic amines is 1. The Morgan fingerprint density at radius 2 is 1.80 bits per heavy atom. The van der Waals surface area contributed by atoms with Gasteiger partial charge in [-0.25, -0.2) is 0 Å². The van der Waals surface area contributed by atoms with Gasteiger partial charge in [-0.3, -0.25) is 0 Å². The predicted octanol–water partition coefficient (Wildman–Crippen LogP) is 3.79. The Balaban J connectivity index is 1.40. The lowest BCUT2D eigenvalue weighted by molar-refractivity contribution is 0.284. The summed E-state index contributed by atoms with van der Waals surface area (Å²) in [7, 11) is 0. The topological polar surface area (TPSA) is 53.8 Å². The maximum absolute atomic E-state index is 6.61. The smallest absolute Gasteiger partial charge is 0.0456 e. The third-order valence-corrected chi connectivity index (χ3v) is 5.49. The molecule has 0 bridgehead atoms. The first-order chi connectivity index (χ1) is 12.3. The lowest BCUT2D eigenvalue weighted by Gasteiger charge is -2.34. The van der Waals surface area contributed by atoms with Gasteiger partial charge in [-0.2, -0.15) is 0 Å². The van der Waals surface area contributed by atoms with Crippen LogP contribution < -0.4 is 11.1 Å². The van der Waals surface area contributed by atoms with E-state index in [0.717, 1.165) is 12.8 Å². The Morgan fingerprint density at radius 3 is 2.68 bits per heavy atom. The zero-order valence-corrected chi connectivity index (χ0v) is 14.6. The van der Waals surface area contributed by atoms with Gasteiger partial charge in [0, 0.05) is 35.2 Å². The van der Waals surface area contributed by atoms with Gasteiger partial charge in [-0.05, 0) is 42.9 Å². The number of para-hydroxylation sites is 1. The van der Waals surface area contributed by atoms with Crippen LogP contribution in [0.1, 0.15) is 30.4 Å². The van der Waals surface area contributed by atoms with Crippen molar-refractivity contribution in [2.24, 2.45) is 5.73 Å². The molecule has 1 aromatic heterocycles. The largest absolute Gasteiger partial charge is 0.361 e. The van der Waals surface area contributed by atoms with Crippen molar-refractivity contribution in [1.82, 2.24) is 10.3 Å². The molecule has 0 saturated carbocycles. The van der Waals surface area contributed by atoms with Gasteiger partial charge in [-0.1, -0.05) is 55.0 Å². The molecule has 130 valence electrons. The van der Waals surface area contributed by atoms with E-state index in [2.05, 4.69) is 71.1 Å². The molecule has 2 aromatic carbocycles. The highest BCUT2D eigenvalue weighted by molar-refractivity contribution is 5.83. The van der Waals surface area contributed by atoms with Crippen LogP contribution in [0.15, 0.2) is 60.8 Å². The number of aromatic nitrogens is 1. The van der Waals surface area contributed by atoms with Gasteiger partial charge in [0.25, 0.3) is 0 Å². The van der Waals surface area contributed by atoms with Gasteiger partial charge in [0.2, 0.25) is 0 Å². The molecule has 3 nitrogen and oxygen atoms in total. The van der Waals surface area contributed by atoms with E-state index in [9.17, 15) is 0 Å². The van der Waals surface area contributed by atoms with Crippen molar-refractivity contribution < 1.29 is 0 Å². The van der Waals surface area contributed by atoms with Gasteiger partial charge in [0.1, 0.15) is 0 Å². The van der Waals surface area contributed by atoms with E-state index in [-0.39, 0.29) is 6.04 Å². The first kappa shape index (κ1) is 16.4. The molecule has 4 rings (SSSR count). The summed E-state index contributed by atoms with van der Waals surface area (Å²) in [4.78, 5) is 3.36. The van der Waals surface area contributed by atoms with E-state index in [4.69, 9.17) is 5.73 Å². The number of nitrogens with one attached hydrogen (secondary N) is 2. The number of benzene rings is 2. The van der Waals surface area contributed by atoms with Crippen LogP contribution >= 0.6 is 0 Å². The van der Waals surface area contributed by atoms with E-state index >= 15 is 0 Å². The fraction of sp³-hybridized carbons (Fsp3) is 0.364. The Hall–Kier alpha value is -2.10. The number of hydrogen-bond donors (Lipinski definition) is 3. The predicted molar refractivity (Wildman–Crippen MR) is 105 cm³/mol. The summed E-state index contributed by atoms with van der Waals surface area (Å²) in [5.74, 6) is 0. The van der Waals surface area contributed by atoms with Crippen LogP contribution in [0.4, 0.5) is 0 Å². The molecular weight excluding hydrogens is 306 g/mol. The minimum Gasteiger partial charge on any atom is -0.361 e. The molecule has 2 heterocycles. The second-order valence-electron chi connectivity index (χ2n) is 7.32. The van der Waals surface area contributed by atoms with Crippen molar-refractivity contribution in [3.05, 3.63) is 71.9 Å². The van der Waals surface area contributed by atoms with Crippen LogP contribution in [0, 0.1) is 0 Å². The molecule has 1 aliphatic rings. The Bertz CT molecular complexity index is 808. The molecular formula is C22H27N3. The molecule has 3 atom stereocenters. The van der Waals surface area contributed by atoms with Gasteiger partial charge in [-0.15, -0.1) is 0 Å². The fourth-order valence-corrected chi connectivity index (χ4v) is 4.15. The van der Waals surface area contributed by atoms with Gasteiger partial charge >= 0.3 is 0 Å². The molecule has 3 aromatic rings. The van der Waals surface area contributed by atoms with E-state index in [1.165, 1.54) is 41.3 Å². The SMILES string of the molecule is N[C@@H](Cc1c[nH]c2ccccc12)[C@@H]1CCC[C@H](Cc2ccccc2)N1. The van der Waals surface area contributed by atoms with Crippen molar-refractivity contribution in [1.29, 1.82) is 0 Å². The van der Waals surface area contributed by atoms with Gasteiger partial charge < -0.3 is 16.0 Å². The average molecular weight is 333 g/mol. The molecule has 0 aliphatic carbocycles. The lowest BCUT2D eigenvalue weighted by atomic mass is 9.88. The number of H-pyrrole nitrogens is 1. The maximum atomic E-state index is 6.61. The molecule has 0 radical (unpaired) electrons. The normalized spacial score (nSPS) is 22.1. The zero-order chi connectivity index (χ0) is 17.1. The number of piperidine rings is 1. The molecule has 25 heavy (non-hydrogen) atoms. The Morgan fingerprint density at radius 1 is 1.00 bits per heavy atom. The van der Waals surface area contributed by atoms with Crippen LogP contribution in [0.5, 0.6) is 0 Å². The summed E-state index contributed by atoms with van der Waals surface area (Å²) in [6.07, 6.45) is 7.81. The average Bonchev–Trinajstić information content (AvgIpc) is 3.06. The monoisotopic (exact) mass is 333 g/mol. The third kappa shape index (κ3) is 3.78. The minimum absolute atomic E-state index is 0.151. The first-order valence-corrected chi connectivity index (χ1v) is 9.40. The fourth-order valence-electron chi connectivity index (χ4n) is 4.15. The standard InChI is InChI=1S/C22H27N3/c23-20(14-17-15-24-21-11-5-4-10-19(17)21)22-12-6-9-18(25-22)13-16-7-2-1-3-8-16/h1-5,7-8,10-11,15,18,20,22,24-25H,6,9,12-14,23H2/t18-,20+,22+/m1/s1. The summed E-state index contributed by atoms with van der Waals surface area (Å²) in [5.41, 5.74) is 10.5. The zero-order valence-electron chi connectivity index (χ0n) is 14.6. The van der Waals surface area contributed by atoms with Crippen molar-refractivity contribution in [3.63, 3.8) is 0 Å². The molecule has 1 aliphatic heterocycles. The summed E-state index contributed by atoms with van der Waals surface area (Å²) < 4.78 is 0. The minimum atomic E-state index is 0.151. The number of fused-ring (bicyclic) bond motifs is 1. The highest BCUT2D eigenvalue weighted by Gasteiger charge is 2.26. The number of hydrogen-bond acceptors (Lipinski definition) is 2. The first-order valence-electron chi connectivity index (χ1n) is 9.40. The third-order valence-electron chi connectivity index (χ3n) is 5.49. The summed E-state index contributed by atoms with van der Waals surface area (Å²) in [6, 6.07) is 20.3. The summed E-state index contributed by atoms with van der Waals surface area (Å²) in [6.45, 7) is 0. The molecule has 3 heteroatoms. The summed E-state index contributed by atoms with van der Waals surface area (Å²) >= 11 is 0. The Labute approximate surface area is 149 Å². The molecule has 1 fully saturated rings. The molecule has 0 spiro atoms. The van der Waals surface area contributed by atoms with Gasteiger partial charge in [0.05, 0.1) is 0 Å². The van der Waals surface area contributed by atoms with Gasteiger partial charge in [0.15, 0.2) is 0 Å². The van der Waals surface area contributed by atoms with E-state index < -0.39 is 0 Å². The highest BCUT2D eigenvalue weighted by atomic mass is 15.0. The van der Waals surface area contributed by atoms with Crippen LogP contribution in [-0.2, 0) is 12.8 Å². The summed E-state index contributed by atoms with van der Waals surface area (Å²) in [5, 5.41) is 5.13. The molecule has 0 unspecified atom stereocenters. The Kier molecular flexibility index (Phi) is 4.86. The molecule has 0 amide bonds. The van der Waals surface area contributed by atoms with Crippen molar-refractivity contribution >= 4 is 10.9 Å². The highest BCUT2D eigenvalue weighted by Crippen LogP contribution is 2.22. The number of rotatable bonds is 5. The quantitative estimate of drug-likeness (QED) is 0.665. The van der Waals surface area contributed by atoms with Crippen molar-refractivity contribution in [2.45, 2.75) is 50.2 Å². The second-order valence-corrected chi connectivity index (χ2v) is 7.32. The number of nitrogens with two attached hydrogens (primary N) is 1.